The number of carbonyl (C=O) groups is 1. The lowest BCUT2D eigenvalue weighted by Crippen LogP contribution is -2.25. The van der Waals surface area contributed by atoms with Gasteiger partial charge < -0.3 is 20.3 Å². The number of rotatable bonds is 9. The highest BCUT2D eigenvalue weighted by Crippen LogP contribution is 2.32. The van der Waals surface area contributed by atoms with Crippen molar-refractivity contribution in [3.63, 3.8) is 0 Å². The monoisotopic (exact) mass is 527 g/mol. The molecule has 0 aliphatic carbocycles. The number of aryl methyl sites for hydroxylation is 1. The third kappa shape index (κ3) is 6.25. The molecule has 9 nitrogen and oxygen atoms in total. The fraction of sp³-hybridized carbons (Fsp3) is 0.367. The smallest absolute Gasteiger partial charge is 0.255 e. The maximum atomic E-state index is 13.3. The number of fused-ring (bicyclic) bond motifs is 1. The lowest BCUT2D eigenvalue weighted by atomic mass is 9.87. The predicted molar refractivity (Wildman–Crippen MR) is 157 cm³/mol. The van der Waals surface area contributed by atoms with Crippen LogP contribution in [0.5, 0.6) is 5.75 Å². The largest absolute Gasteiger partial charge is 0.495 e. The Labute approximate surface area is 230 Å². The van der Waals surface area contributed by atoms with E-state index in [1.165, 1.54) is 6.33 Å². The van der Waals surface area contributed by atoms with Gasteiger partial charge in [-0.3, -0.25) is 4.79 Å². The van der Waals surface area contributed by atoms with Gasteiger partial charge in [0.1, 0.15) is 23.1 Å². The highest BCUT2D eigenvalue weighted by atomic mass is 16.5. The second-order valence-electron chi connectivity index (χ2n) is 10.5. The van der Waals surface area contributed by atoms with Crippen molar-refractivity contribution in [2.45, 2.75) is 53.4 Å². The highest BCUT2D eigenvalue weighted by Gasteiger charge is 2.18. The third-order valence-electron chi connectivity index (χ3n) is 6.59. The molecule has 0 atom stereocenters. The van der Waals surface area contributed by atoms with Crippen LogP contribution in [0.3, 0.4) is 0 Å². The molecule has 0 radical (unpaired) electrons. The molecular weight excluding hydrogens is 490 g/mol. The molecule has 0 fully saturated rings. The molecule has 4 aromatic rings. The second-order valence-corrected chi connectivity index (χ2v) is 10.5. The molecule has 2 heterocycles. The number of hydrogen-bond acceptors (Lipinski definition) is 8. The van der Waals surface area contributed by atoms with Crippen LogP contribution < -0.4 is 20.3 Å². The number of aromatic nitrogens is 4. The normalized spacial score (nSPS) is 11.4. The van der Waals surface area contributed by atoms with E-state index < -0.39 is 0 Å². The van der Waals surface area contributed by atoms with Crippen molar-refractivity contribution in [3.8, 4) is 5.75 Å². The second kappa shape index (κ2) is 11.6. The van der Waals surface area contributed by atoms with Gasteiger partial charge in [-0.2, -0.15) is 0 Å². The number of amides is 1. The molecule has 4 rings (SSSR count). The van der Waals surface area contributed by atoms with E-state index in [0.29, 0.717) is 39.8 Å². The number of nitrogens with one attached hydrogen (secondary N) is 2. The SMILES string of the molecule is CCCN(CC)c1ncc2ncnc(Nc3cc(C(=O)Nc4cc(C(C)(C)C)ccc4OC)ccc3C)c2n1. The summed E-state index contributed by atoms with van der Waals surface area (Å²) in [5, 5.41) is 6.40. The Kier molecular flexibility index (Phi) is 8.28. The average Bonchev–Trinajstić information content (AvgIpc) is 2.92. The van der Waals surface area contributed by atoms with E-state index in [4.69, 9.17) is 9.72 Å². The average molecular weight is 528 g/mol. The van der Waals surface area contributed by atoms with E-state index in [1.807, 2.05) is 37.3 Å². The third-order valence-corrected chi connectivity index (χ3v) is 6.59. The van der Waals surface area contributed by atoms with Gasteiger partial charge in [-0.15, -0.1) is 0 Å². The van der Waals surface area contributed by atoms with Crippen molar-refractivity contribution in [2.75, 3.05) is 35.7 Å². The van der Waals surface area contributed by atoms with Crippen molar-refractivity contribution in [1.82, 2.24) is 19.9 Å². The Hall–Kier alpha value is -4.27. The summed E-state index contributed by atoms with van der Waals surface area (Å²) in [5.74, 6) is 1.56. The summed E-state index contributed by atoms with van der Waals surface area (Å²) in [7, 11) is 1.60. The number of carbonyl (C=O) groups excluding carboxylic acids is 1. The zero-order valence-electron chi connectivity index (χ0n) is 23.8. The molecule has 9 heteroatoms. The van der Waals surface area contributed by atoms with Crippen LogP contribution in [0.4, 0.5) is 23.1 Å². The van der Waals surface area contributed by atoms with Gasteiger partial charge in [-0.05, 0) is 61.1 Å². The Morgan fingerprint density at radius 1 is 1.03 bits per heavy atom. The zero-order valence-corrected chi connectivity index (χ0v) is 23.8. The Balaban J connectivity index is 1.65. The number of ether oxygens (including phenoxy) is 1. The van der Waals surface area contributed by atoms with Crippen LogP contribution >= 0.6 is 0 Å². The summed E-state index contributed by atoms with van der Waals surface area (Å²) in [6.45, 7) is 14.2. The van der Waals surface area contributed by atoms with Gasteiger partial charge in [0.2, 0.25) is 5.95 Å². The molecule has 0 unspecified atom stereocenters. The van der Waals surface area contributed by atoms with Crippen molar-refractivity contribution >= 4 is 40.1 Å². The lowest BCUT2D eigenvalue weighted by Gasteiger charge is -2.21. The van der Waals surface area contributed by atoms with Crippen LogP contribution in [0.15, 0.2) is 48.9 Å². The summed E-state index contributed by atoms with van der Waals surface area (Å²) in [4.78, 5) is 33.6. The van der Waals surface area contributed by atoms with Crippen molar-refractivity contribution < 1.29 is 9.53 Å². The predicted octanol–water partition coefficient (Wildman–Crippen LogP) is 6.27. The van der Waals surface area contributed by atoms with Gasteiger partial charge in [-0.1, -0.05) is 39.8 Å². The molecule has 2 aromatic heterocycles. The summed E-state index contributed by atoms with van der Waals surface area (Å²) in [6, 6.07) is 11.4. The Bertz CT molecular complexity index is 1480. The van der Waals surface area contributed by atoms with Gasteiger partial charge in [0.15, 0.2) is 5.82 Å². The first-order chi connectivity index (χ1) is 18.6. The fourth-order valence-corrected chi connectivity index (χ4v) is 4.25. The first-order valence-corrected chi connectivity index (χ1v) is 13.2. The molecule has 0 aliphatic rings. The molecule has 0 bridgehead atoms. The zero-order chi connectivity index (χ0) is 28.2. The minimum absolute atomic E-state index is 0.0683. The molecule has 39 heavy (non-hydrogen) atoms. The molecule has 2 N–H and O–H groups in total. The lowest BCUT2D eigenvalue weighted by molar-refractivity contribution is 0.102. The van der Waals surface area contributed by atoms with E-state index in [9.17, 15) is 4.79 Å². The number of anilines is 4. The van der Waals surface area contributed by atoms with Crippen LogP contribution in [0.1, 0.15) is 62.5 Å². The minimum atomic E-state index is -0.238. The van der Waals surface area contributed by atoms with Gasteiger partial charge in [0.25, 0.3) is 5.91 Å². The van der Waals surface area contributed by atoms with Gasteiger partial charge in [-0.25, -0.2) is 19.9 Å². The molecule has 0 aliphatic heterocycles. The maximum absolute atomic E-state index is 13.3. The van der Waals surface area contributed by atoms with Crippen LogP contribution in [0.2, 0.25) is 0 Å². The van der Waals surface area contributed by atoms with Crippen LogP contribution in [0, 0.1) is 6.92 Å². The summed E-state index contributed by atoms with van der Waals surface area (Å²) in [5.41, 5.74) is 5.13. The van der Waals surface area contributed by atoms with E-state index in [1.54, 1.807) is 19.4 Å². The van der Waals surface area contributed by atoms with E-state index in [-0.39, 0.29) is 11.3 Å². The first-order valence-electron chi connectivity index (χ1n) is 13.2. The summed E-state index contributed by atoms with van der Waals surface area (Å²) in [6.07, 6.45) is 4.20. The molecule has 0 saturated heterocycles. The summed E-state index contributed by atoms with van der Waals surface area (Å²) >= 11 is 0. The minimum Gasteiger partial charge on any atom is -0.495 e. The standard InChI is InChI=1S/C30H37N7O2/c1-8-14-37(9-2)29-31-17-24-26(36-29)27(33-18-32-24)34-22-15-20(11-10-19(22)3)28(38)35-23-16-21(30(4,5)6)12-13-25(23)39-7/h10-13,15-18H,8-9,14H2,1-7H3,(H,35,38)(H,32,33,34). The van der Waals surface area contributed by atoms with E-state index >= 15 is 0 Å². The number of nitrogens with zero attached hydrogens (tertiary/aromatic N) is 5. The van der Waals surface area contributed by atoms with Gasteiger partial charge in [0.05, 0.1) is 19.0 Å². The van der Waals surface area contributed by atoms with E-state index in [0.717, 1.165) is 36.3 Å². The number of hydrogen-bond donors (Lipinski definition) is 2. The number of methoxy groups -OCH3 is 1. The van der Waals surface area contributed by atoms with E-state index in [2.05, 4.69) is 65.1 Å². The summed E-state index contributed by atoms with van der Waals surface area (Å²) < 4.78 is 5.51. The Morgan fingerprint density at radius 2 is 1.82 bits per heavy atom. The molecule has 2 aromatic carbocycles. The van der Waals surface area contributed by atoms with Crippen molar-refractivity contribution in [2.24, 2.45) is 0 Å². The van der Waals surface area contributed by atoms with Gasteiger partial charge >= 0.3 is 0 Å². The number of benzene rings is 2. The molecule has 1 amide bonds. The van der Waals surface area contributed by atoms with Gasteiger partial charge in [0, 0.05) is 24.3 Å². The van der Waals surface area contributed by atoms with Crippen molar-refractivity contribution in [3.05, 3.63) is 65.6 Å². The molecule has 204 valence electrons. The van der Waals surface area contributed by atoms with Crippen LogP contribution in [0.25, 0.3) is 11.0 Å². The Morgan fingerprint density at radius 3 is 2.51 bits per heavy atom. The van der Waals surface area contributed by atoms with Crippen LogP contribution in [-0.4, -0.2) is 46.0 Å². The molecular formula is C30H37N7O2. The fourth-order valence-electron chi connectivity index (χ4n) is 4.25. The quantitative estimate of drug-likeness (QED) is 0.263. The molecule has 0 saturated carbocycles. The first kappa shape index (κ1) is 27.8. The highest BCUT2D eigenvalue weighted by molar-refractivity contribution is 6.06. The van der Waals surface area contributed by atoms with Crippen LogP contribution in [-0.2, 0) is 5.41 Å². The molecule has 0 spiro atoms. The van der Waals surface area contributed by atoms with Crippen molar-refractivity contribution in [1.29, 1.82) is 0 Å². The maximum Gasteiger partial charge on any atom is 0.255 e. The topological polar surface area (TPSA) is 105 Å².